The van der Waals surface area contributed by atoms with E-state index in [4.69, 9.17) is 33.2 Å². The third-order valence-electron chi connectivity index (χ3n) is 8.35. The molecule has 0 bridgehead atoms. The molecule has 0 amide bonds. The second kappa shape index (κ2) is 10.9. The molecule has 0 radical (unpaired) electrons. The van der Waals surface area contributed by atoms with Gasteiger partial charge in [-0.15, -0.1) is 0 Å². The highest BCUT2D eigenvalue weighted by atomic mass is 16.6. The van der Waals surface area contributed by atoms with Gasteiger partial charge in [0.2, 0.25) is 0 Å². The Morgan fingerprint density at radius 1 is 0.643 bits per heavy atom. The van der Waals surface area contributed by atoms with E-state index in [1.54, 1.807) is 0 Å². The van der Waals surface area contributed by atoms with Gasteiger partial charge in [0, 0.05) is 30.1 Å². The summed E-state index contributed by atoms with van der Waals surface area (Å²) in [5.41, 5.74) is 2.13. The minimum absolute atomic E-state index is 0.0597. The monoisotopic (exact) mass is 570 g/mol. The van der Waals surface area contributed by atoms with Crippen molar-refractivity contribution in [3.63, 3.8) is 0 Å². The van der Waals surface area contributed by atoms with Gasteiger partial charge in [-0.1, -0.05) is 24.3 Å². The Balaban J connectivity index is 1.21. The standard InChI is InChI=1S/C34H34O8/c35-13-22-9-34(22)42-24-6-2-21-4-8-33(41-19-27-17-39-27)31(29(21)11-24)12-30-28-10-23(36-14-25-15-37-25)5-1-20(28)3-7-32(30)40-18-26-16-38-26/h1-8,10-11,22,25-27,34-35H,9,12-19H2. The summed E-state index contributed by atoms with van der Waals surface area (Å²) in [5.74, 6) is 3.46. The van der Waals surface area contributed by atoms with Crippen molar-refractivity contribution in [1.82, 2.24) is 0 Å². The number of aliphatic hydroxyl groups excluding tert-OH is 1. The van der Waals surface area contributed by atoms with Gasteiger partial charge in [0.1, 0.15) is 67.2 Å². The lowest BCUT2D eigenvalue weighted by molar-refractivity contribution is 0.224. The molecular formula is C34H34O8. The molecule has 5 unspecified atom stereocenters. The summed E-state index contributed by atoms with van der Waals surface area (Å²) in [7, 11) is 0. The van der Waals surface area contributed by atoms with Crippen molar-refractivity contribution >= 4 is 21.5 Å². The predicted molar refractivity (Wildman–Crippen MR) is 156 cm³/mol. The van der Waals surface area contributed by atoms with Crippen LogP contribution in [-0.4, -0.2) is 75.8 Å². The molecule has 0 spiro atoms. The largest absolute Gasteiger partial charge is 0.491 e. The first kappa shape index (κ1) is 26.1. The normalized spacial score (nSPS) is 25.3. The molecule has 3 heterocycles. The van der Waals surface area contributed by atoms with Crippen LogP contribution in [-0.2, 0) is 20.6 Å². The van der Waals surface area contributed by atoms with Gasteiger partial charge >= 0.3 is 0 Å². The lowest BCUT2D eigenvalue weighted by Crippen LogP contribution is -2.09. The van der Waals surface area contributed by atoms with Crippen LogP contribution in [0.15, 0.2) is 60.7 Å². The van der Waals surface area contributed by atoms with Crippen LogP contribution in [0, 0.1) is 5.92 Å². The molecule has 8 nitrogen and oxygen atoms in total. The summed E-state index contributed by atoms with van der Waals surface area (Å²) >= 11 is 0. The van der Waals surface area contributed by atoms with Gasteiger partial charge in [-0.3, -0.25) is 0 Å². The molecule has 0 aromatic heterocycles. The number of ether oxygens (including phenoxy) is 7. The maximum atomic E-state index is 9.52. The summed E-state index contributed by atoms with van der Waals surface area (Å²) in [6.45, 7) is 3.93. The summed E-state index contributed by atoms with van der Waals surface area (Å²) in [4.78, 5) is 0. The van der Waals surface area contributed by atoms with Gasteiger partial charge < -0.3 is 38.3 Å². The average Bonchev–Trinajstić information content (AvgIpc) is 3.82. The Morgan fingerprint density at radius 2 is 1.14 bits per heavy atom. The molecule has 8 rings (SSSR count). The lowest BCUT2D eigenvalue weighted by atomic mass is 9.93. The van der Waals surface area contributed by atoms with E-state index in [0.717, 1.165) is 81.9 Å². The number of hydrogen-bond acceptors (Lipinski definition) is 8. The van der Waals surface area contributed by atoms with Gasteiger partial charge in [-0.05, 0) is 64.4 Å². The van der Waals surface area contributed by atoms with Gasteiger partial charge in [-0.2, -0.15) is 0 Å². The third kappa shape index (κ3) is 5.85. The molecule has 42 heavy (non-hydrogen) atoms. The molecule has 5 atom stereocenters. The van der Waals surface area contributed by atoms with Crippen LogP contribution in [0.2, 0.25) is 0 Å². The van der Waals surface area contributed by atoms with Gasteiger partial charge in [0.05, 0.1) is 19.8 Å². The van der Waals surface area contributed by atoms with E-state index in [9.17, 15) is 5.11 Å². The maximum Gasteiger partial charge on any atom is 0.123 e. The number of fused-ring (bicyclic) bond motifs is 2. The predicted octanol–water partition coefficient (Wildman–Crippen LogP) is 4.68. The first-order chi connectivity index (χ1) is 20.7. The Labute approximate surface area is 244 Å². The molecule has 218 valence electrons. The van der Waals surface area contributed by atoms with Crippen LogP contribution in [0.25, 0.3) is 21.5 Å². The first-order valence-corrected chi connectivity index (χ1v) is 14.8. The minimum Gasteiger partial charge on any atom is -0.491 e. The zero-order valence-corrected chi connectivity index (χ0v) is 23.3. The minimum atomic E-state index is 0.0597. The summed E-state index contributed by atoms with van der Waals surface area (Å²) < 4.78 is 41.3. The van der Waals surface area contributed by atoms with E-state index in [1.807, 2.05) is 12.1 Å². The highest BCUT2D eigenvalue weighted by Gasteiger charge is 2.39. The quantitative estimate of drug-likeness (QED) is 0.219. The maximum absolute atomic E-state index is 9.52. The van der Waals surface area contributed by atoms with Gasteiger partial charge in [0.15, 0.2) is 0 Å². The lowest BCUT2D eigenvalue weighted by Gasteiger charge is -2.19. The third-order valence-corrected chi connectivity index (χ3v) is 8.35. The number of rotatable bonds is 14. The zero-order chi connectivity index (χ0) is 28.0. The fraction of sp³-hybridized carbons (Fsp3) is 0.412. The molecule has 4 aliphatic rings. The molecule has 3 saturated heterocycles. The van der Waals surface area contributed by atoms with Crippen molar-refractivity contribution in [1.29, 1.82) is 0 Å². The SMILES string of the molecule is OCC1CC1Oc1ccc2ccc(OCC3CO3)c(Cc3c(OCC4CO4)ccc4ccc(OCC5CO5)cc34)c2c1. The van der Waals surface area contributed by atoms with Crippen LogP contribution < -0.4 is 18.9 Å². The van der Waals surface area contributed by atoms with E-state index in [0.29, 0.717) is 26.2 Å². The smallest absolute Gasteiger partial charge is 0.123 e. The highest BCUT2D eigenvalue weighted by Crippen LogP contribution is 2.40. The fourth-order valence-electron chi connectivity index (χ4n) is 5.44. The van der Waals surface area contributed by atoms with Crippen LogP contribution in [0.5, 0.6) is 23.0 Å². The molecule has 3 aliphatic heterocycles. The first-order valence-electron chi connectivity index (χ1n) is 14.8. The molecule has 4 aromatic rings. The molecule has 4 aromatic carbocycles. The van der Waals surface area contributed by atoms with Gasteiger partial charge in [0.25, 0.3) is 0 Å². The number of aliphatic hydroxyl groups is 1. The zero-order valence-electron chi connectivity index (χ0n) is 23.3. The molecule has 1 saturated carbocycles. The Bertz CT molecular complexity index is 1600. The van der Waals surface area contributed by atoms with E-state index >= 15 is 0 Å². The molecule has 1 aliphatic carbocycles. The Hall–Kier alpha value is -3.56. The second-order valence-electron chi connectivity index (χ2n) is 11.7. The summed E-state index contributed by atoms with van der Waals surface area (Å²) in [5, 5.41) is 13.9. The van der Waals surface area contributed by atoms with E-state index in [2.05, 4.69) is 48.5 Å². The Morgan fingerprint density at radius 3 is 1.67 bits per heavy atom. The van der Waals surface area contributed by atoms with Crippen LogP contribution in [0.1, 0.15) is 17.5 Å². The van der Waals surface area contributed by atoms with Crippen molar-refractivity contribution in [2.75, 3.05) is 46.2 Å². The van der Waals surface area contributed by atoms with Crippen molar-refractivity contribution in [3.05, 3.63) is 71.8 Å². The van der Waals surface area contributed by atoms with Crippen molar-refractivity contribution < 1.29 is 38.3 Å². The van der Waals surface area contributed by atoms with Crippen molar-refractivity contribution in [2.24, 2.45) is 5.92 Å². The summed E-state index contributed by atoms with van der Waals surface area (Å²) in [6.07, 6.45) is 1.98. The molecule has 4 fully saturated rings. The van der Waals surface area contributed by atoms with Crippen LogP contribution >= 0.6 is 0 Å². The van der Waals surface area contributed by atoms with Crippen LogP contribution in [0.4, 0.5) is 0 Å². The van der Waals surface area contributed by atoms with E-state index < -0.39 is 0 Å². The molecule has 1 N–H and O–H groups in total. The number of epoxide rings is 3. The van der Waals surface area contributed by atoms with Crippen LogP contribution in [0.3, 0.4) is 0 Å². The number of hydrogen-bond donors (Lipinski definition) is 1. The topological polar surface area (TPSA) is 94.7 Å². The van der Waals surface area contributed by atoms with E-state index in [-0.39, 0.29) is 36.9 Å². The number of benzene rings is 4. The van der Waals surface area contributed by atoms with E-state index in [1.165, 1.54) is 0 Å². The highest BCUT2D eigenvalue weighted by molar-refractivity contribution is 5.93. The van der Waals surface area contributed by atoms with Crippen molar-refractivity contribution in [3.8, 4) is 23.0 Å². The molecule has 8 heteroatoms. The van der Waals surface area contributed by atoms with Gasteiger partial charge in [-0.25, -0.2) is 0 Å². The van der Waals surface area contributed by atoms with Crippen molar-refractivity contribution in [2.45, 2.75) is 37.3 Å². The second-order valence-corrected chi connectivity index (χ2v) is 11.7. The Kier molecular flexibility index (Phi) is 6.79. The fourth-order valence-corrected chi connectivity index (χ4v) is 5.44. The average molecular weight is 571 g/mol. The summed E-state index contributed by atoms with van der Waals surface area (Å²) in [6, 6.07) is 20.7. The molecular weight excluding hydrogens is 536 g/mol.